The SMILES string of the molecule is CCC(C)[C@H](N)c1nc(C(OC)C2CC2)no1. The highest BCUT2D eigenvalue weighted by atomic mass is 16.5. The maximum absolute atomic E-state index is 6.06. The number of nitrogens with two attached hydrogens (primary N) is 1. The van der Waals surface area contributed by atoms with Crippen molar-refractivity contribution in [3.05, 3.63) is 11.7 Å². The second kappa shape index (κ2) is 5.14. The summed E-state index contributed by atoms with van der Waals surface area (Å²) in [6.07, 6.45) is 3.33. The molecule has 1 fully saturated rings. The number of rotatable bonds is 6. The Balaban J connectivity index is 2.09. The van der Waals surface area contributed by atoms with Crippen LogP contribution in [0.4, 0.5) is 0 Å². The average molecular weight is 239 g/mol. The highest BCUT2D eigenvalue weighted by Gasteiger charge is 2.36. The Morgan fingerprint density at radius 3 is 2.76 bits per heavy atom. The van der Waals surface area contributed by atoms with Gasteiger partial charge in [0.2, 0.25) is 11.7 Å². The smallest absolute Gasteiger partial charge is 0.243 e. The van der Waals surface area contributed by atoms with Crippen LogP contribution in [0, 0.1) is 11.8 Å². The molecule has 96 valence electrons. The minimum absolute atomic E-state index is 0.0309. The molecule has 5 nitrogen and oxygen atoms in total. The molecule has 3 atom stereocenters. The molecule has 0 spiro atoms. The van der Waals surface area contributed by atoms with E-state index in [1.54, 1.807) is 7.11 Å². The summed E-state index contributed by atoms with van der Waals surface area (Å²) in [5.41, 5.74) is 6.06. The van der Waals surface area contributed by atoms with Gasteiger partial charge in [-0.1, -0.05) is 25.4 Å². The van der Waals surface area contributed by atoms with E-state index in [9.17, 15) is 0 Å². The van der Waals surface area contributed by atoms with Crippen LogP contribution in [0.15, 0.2) is 4.52 Å². The predicted octanol–water partition coefficient (Wildman–Crippen LogP) is 2.21. The number of aromatic nitrogens is 2. The third-order valence-corrected chi connectivity index (χ3v) is 3.56. The highest BCUT2D eigenvalue weighted by molar-refractivity contribution is 5.00. The molecule has 0 amide bonds. The molecule has 1 aliphatic rings. The van der Waals surface area contributed by atoms with Gasteiger partial charge in [0.05, 0.1) is 6.04 Å². The summed E-state index contributed by atoms with van der Waals surface area (Å²) < 4.78 is 10.7. The first-order chi connectivity index (χ1) is 8.17. The third kappa shape index (κ3) is 2.66. The van der Waals surface area contributed by atoms with Gasteiger partial charge in [-0.3, -0.25) is 0 Å². The third-order valence-electron chi connectivity index (χ3n) is 3.56. The van der Waals surface area contributed by atoms with Gasteiger partial charge in [0.25, 0.3) is 0 Å². The lowest BCUT2D eigenvalue weighted by molar-refractivity contribution is 0.0751. The molecule has 0 aliphatic heterocycles. The Kier molecular flexibility index (Phi) is 3.79. The van der Waals surface area contributed by atoms with E-state index in [0.29, 0.717) is 23.6 Å². The summed E-state index contributed by atoms with van der Waals surface area (Å²) in [4.78, 5) is 4.38. The normalized spacial score (nSPS) is 21.2. The fourth-order valence-electron chi connectivity index (χ4n) is 1.90. The number of ether oxygens (including phenoxy) is 1. The van der Waals surface area contributed by atoms with Gasteiger partial charge in [0, 0.05) is 7.11 Å². The highest BCUT2D eigenvalue weighted by Crippen LogP contribution is 2.42. The minimum atomic E-state index is -0.182. The Morgan fingerprint density at radius 2 is 2.24 bits per heavy atom. The maximum Gasteiger partial charge on any atom is 0.243 e. The Bertz CT molecular complexity index is 362. The van der Waals surface area contributed by atoms with Crippen molar-refractivity contribution in [3.63, 3.8) is 0 Å². The van der Waals surface area contributed by atoms with E-state index in [-0.39, 0.29) is 12.1 Å². The molecule has 0 saturated heterocycles. The molecule has 1 saturated carbocycles. The second-order valence-electron chi connectivity index (χ2n) is 4.90. The summed E-state index contributed by atoms with van der Waals surface area (Å²) in [6, 6.07) is -0.182. The Labute approximate surface area is 102 Å². The molecule has 0 radical (unpaired) electrons. The summed E-state index contributed by atoms with van der Waals surface area (Å²) >= 11 is 0. The molecule has 17 heavy (non-hydrogen) atoms. The topological polar surface area (TPSA) is 74.2 Å². The molecule has 1 aromatic rings. The predicted molar refractivity (Wildman–Crippen MR) is 63.2 cm³/mol. The van der Waals surface area contributed by atoms with E-state index in [2.05, 4.69) is 24.0 Å². The van der Waals surface area contributed by atoms with Crippen molar-refractivity contribution in [2.24, 2.45) is 17.6 Å². The van der Waals surface area contributed by atoms with Crippen molar-refractivity contribution in [3.8, 4) is 0 Å². The van der Waals surface area contributed by atoms with E-state index in [4.69, 9.17) is 15.0 Å². The van der Waals surface area contributed by atoms with Crippen LogP contribution in [0.1, 0.15) is 57.0 Å². The van der Waals surface area contributed by atoms with Gasteiger partial charge < -0.3 is 15.0 Å². The van der Waals surface area contributed by atoms with Crippen molar-refractivity contribution in [1.82, 2.24) is 10.1 Å². The van der Waals surface area contributed by atoms with E-state index >= 15 is 0 Å². The molecular formula is C12H21N3O2. The summed E-state index contributed by atoms with van der Waals surface area (Å²) in [7, 11) is 1.69. The van der Waals surface area contributed by atoms with Crippen LogP contribution in [0.5, 0.6) is 0 Å². The number of methoxy groups -OCH3 is 1. The molecule has 5 heteroatoms. The van der Waals surface area contributed by atoms with Gasteiger partial charge >= 0.3 is 0 Å². The molecule has 1 heterocycles. The van der Waals surface area contributed by atoms with E-state index in [0.717, 1.165) is 6.42 Å². The van der Waals surface area contributed by atoms with Crippen LogP contribution < -0.4 is 5.73 Å². The Hall–Kier alpha value is -0.940. The molecule has 2 N–H and O–H groups in total. The standard InChI is InChI=1S/C12H21N3O2/c1-4-7(2)9(13)12-14-11(15-17-12)10(16-3)8-5-6-8/h7-10H,4-6,13H2,1-3H3/t7?,9-,10?/m0/s1. The van der Waals surface area contributed by atoms with Crippen molar-refractivity contribution < 1.29 is 9.26 Å². The lowest BCUT2D eigenvalue weighted by Crippen LogP contribution is -2.19. The first kappa shape index (κ1) is 12.5. The van der Waals surface area contributed by atoms with Gasteiger partial charge in [-0.15, -0.1) is 0 Å². The first-order valence-corrected chi connectivity index (χ1v) is 6.29. The Morgan fingerprint density at radius 1 is 1.53 bits per heavy atom. The van der Waals surface area contributed by atoms with Crippen LogP contribution in [0.3, 0.4) is 0 Å². The summed E-state index contributed by atoms with van der Waals surface area (Å²) in [5.74, 6) is 2.05. The zero-order valence-corrected chi connectivity index (χ0v) is 10.7. The fraction of sp³-hybridized carbons (Fsp3) is 0.833. The largest absolute Gasteiger partial charge is 0.373 e. The van der Waals surface area contributed by atoms with Crippen LogP contribution in [0.25, 0.3) is 0 Å². The van der Waals surface area contributed by atoms with E-state index < -0.39 is 0 Å². The number of hydrogen-bond donors (Lipinski definition) is 1. The molecule has 2 unspecified atom stereocenters. The molecule has 0 aromatic carbocycles. The van der Waals surface area contributed by atoms with Crippen molar-refractivity contribution in [1.29, 1.82) is 0 Å². The second-order valence-corrected chi connectivity index (χ2v) is 4.90. The van der Waals surface area contributed by atoms with Gasteiger partial charge in [0.15, 0.2) is 0 Å². The molecule has 1 aliphatic carbocycles. The van der Waals surface area contributed by atoms with Crippen LogP contribution in [-0.2, 0) is 4.74 Å². The van der Waals surface area contributed by atoms with Crippen LogP contribution in [-0.4, -0.2) is 17.3 Å². The van der Waals surface area contributed by atoms with Crippen molar-refractivity contribution >= 4 is 0 Å². The fourth-order valence-corrected chi connectivity index (χ4v) is 1.90. The monoisotopic (exact) mass is 239 g/mol. The van der Waals surface area contributed by atoms with E-state index in [1.807, 2.05) is 0 Å². The summed E-state index contributed by atoms with van der Waals surface area (Å²) in [5, 5.41) is 4.00. The van der Waals surface area contributed by atoms with Crippen LogP contribution >= 0.6 is 0 Å². The lowest BCUT2D eigenvalue weighted by atomic mass is 10.0. The minimum Gasteiger partial charge on any atom is -0.373 e. The lowest BCUT2D eigenvalue weighted by Gasteiger charge is -2.13. The van der Waals surface area contributed by atoms with E-state index in [1.165, 1.54) is 12.8 Å². The van der Waals surface area contributed by atoms with Crippen molar-refractivity contribution in [2.75, 3.05) is 7.11 Å². The zero-order valence-electron chi connectivity index (χ0n) is 10.7. The average Bonchev–Trinajstić information content (AvgIpc) is 3.06. The number of hydrogen-bond acceptors (Lipinski definition) is 5. The quantitative estimate of drug-likeness (QED) is 0.823. The molecule has 1 aromatic heterocycles. The number of nitrogens with zero attached hydrogens (tertiary/aromatic N) is 2. The molecule has 0 bridgehead atoms. The molecule has 2 rings (SSSR count). The van der Waals surface area contributed by atoms with Gasteiger partial charge in [-0.25, -0.2) is 0 Å². The summed E-state index contributed by atoms with van der Waals surface area (Å²) in [6.45, 7) is 4.19. The van der Waals surface area contributed by atoms with Gasteiger partial charge in [-0.2, -0.15) is 4.98 Å². The van der Waals surface area contributed by atoms with Gasteiger partial charge in [0.1, 0.15) is 6.10 Å². The first-order valence-electron chi connectivity index (χ1n) is 6.29. The van der Waals surface area contributed by atoms with Gasteiger partial charge in [-0.05, 0) is 24.7 Å². The van der Waals surface area contributed by atoms with Crippen molar-refractivity contribution in [2.45, 2.75) is 45.3 Å². The van der Waals surface area contributed by atoms with Crippen LogP contribution in [0.2, 0.25) is 0 Å². The molecular weight excluding hydrogens is 218 g/mol. The zero-order chi connectivity index (χ0) is 12.4. The maximum atomic E-state index is 6.06.